The molecule has 0 fully saturated rings. The fraction of sp³-hybridized carbons (Fsp3) is 0.364. The number of benzene rings is 1. The Morgan fingerprint density at radius 3 is 2.82 bits per heavy atom. The van der Waals surface area contributed by atoms with E-state index in [1.165, 1.54) is 6.07 Å². The van der Waals surface area contributed by atoms with Gasteiger partial charge in [-0.15, -0.1) is 0 Å². The highest BCUT2D eigenvalue weighted by molar-refractivity contribution is 5.95. The second-order valence-electron chi connectivity index (χ2n) is 3.82. The molecule has 17 heavy (non-hydrogen) atoms. The molecule has 0 unspecified atom stereocenters. The Bertz CT molecular complexity index is 443. The fourth-order valence-corrected chi connectivity index (χ4v) is 1.84. The van der Waals surface area contributed by atoms with Gasteiger partial charge >= 0.3 is 12.1 Å². The molecule has 1 heterocycles. The van der Waals surface area contributed by atoms with E-state index in [2.05, 4.69) is 5.32 Å². The Kier molecular flexibility index (Phi) is 3.06. The first-order valence-electron chi connectivity index (χ1n) is 5.18. The van der Waals surface area contributed by atoms with Crippen LogP contribution in [0.25, 0.3) is 0 Å². The number of anilines is 1. The molecule has 0 saturated heterocycles. The Morgan fingerprint density at radius 1 is 1.35 bits per heavy atom. The number of halogens is 3. The van der Waals surface area contributed by atoms with E-state index in [0.717, 1.165) is 11.1 Å². The molecule has 1 aliphatic heterocycles. The number of alkyl halides is 3. The number of carbonyl (C=O) groups excluding carboxylic acids is 1. The number of fused-ring (bicyclic) bond motifs is 1. The van der Waals surface area contributed by atoms with E-state index in [1.807, 2.05) is 11.4 Å². The zero-order chi connectivity index (χ0) is 12.5. The number of nitrogens with one attached hydrogen (secondary N) is 2. The van der Waals surface area contributed by atoms with E-state index in [1.54, 1.807) is 6.07 Å². The lowest BCUT2D eigenvalue weighted by atomic mass is 9.99. The van der Waals surface area contributed by atoms with Crippen molar-refractivity contribution in [3.63, 3.8) is 0 Å². The van der Waals surface area contributed by atoms with Gasteiger partial charge in [0.25, 0.3) is 0 Å². The van der Waals surface area contributed by atoms with Crippen molar-refractivity contribution in [1.82, 2.24) is 5.32 Å². The molecule has 1 aliphatic rings. The lowest BCUT2D eigenvalue weighted by Gasteiger charge is -2.20. The van der Waals surface area contributed by atoms with Gasteiger partial charge in [-0.3, -0.25) is 4.79 Å². The molecular weight excluding hydrogens is 233 g/mol. The quantitative estimate of drug-likeness (QED) is 0.791. The van der Waals surface area contributed by atoms with Crippen molar-refractivity contribution in [1.29, 1.82) is 0 Å². The van der Waals surface area contributed by atoms with Crippen molar-refractivity contribution < 1.29 is 18.0 Å². The van der Waals surface area contributed by atoms with Crippen molar-refractivity contribution in [2.75, 3.05) is 11.9 Å². The van der Waals surface area contributed by atoms with E-state index in [0.29, 0.717) is 19.5 Å². The van der Waals surface area contributed by atoms with Gasteiger partial charge in [0.1, 0.15) is 0 Å². The topological polar surface area (TPSA) is 41.1 Å². The lowest BCUT2D eigenvalue weighted by Crippen LogP contribution is -2.31. The summed E-state index contributed by atoms with van der Waals surface area (Å²) in [6.07, 6.45) is -4.24. The normalized spacial score (nSPS) is 15.2. The summed E-state index contributed by atoms with van der Waals surface area (Å²) in [5.41, 5.74) is 1.96. The van der Waals surface area contributed by atoms with Gasteiger partial charge in [0.15, 0.2) is 0 Å². The summed E-state index contributed by atoms with van der Waals surface area (Å²) in [5.74, 6) is -1.93. The molecule has 0 aromatic heterocycles. The predicted molar refractivity (Wildman–Crippen MR) is 56.5 cm³/mol. The predicted octanol–water partition coefficient (Wildman–Crippen LogP) is 1.83. The summed E-state index contributed by atoms with van der Waals surface area (Å²) in [6, 6.07) is 4.97. The van der Waals surface area contributed by atoms with Gasteiger partial charge in [0.2, 0.25) is 0 Å². The molecule has 2 N–H and O–H groups in total. The maximum atomic E-state index is 12.1. The van der Waals surface area contributed by atoms with Crippen LogP contribution in [0, 0.1) is 0 Å². The largest absolute Gasteiger partial charge is 0.471 e. The van der Waals surface area contributed by atoms with Crippen molar-refractivity contribution >= 4 is 11.6 Å². The zero-order valence-electron chi connectivity index (χ0n) is 8.90. The Balaban J connectivity index is 2.25. The fourth-order valence-electron chi connectivity index (χ4n) is 1.84. The van der Waals surface area contributed by atoms with Crippen LogP contribution in [0.3, 0.4) is 0 Å². The smallest absolute Gasteiger partial charge is 0.318 e. The molecule has 3 nitrogen and oxygen atoms in total. The standard InChI is InChI=1S/C11H11F3N2O/c12-11(13,14)10(17)16-9-3-1-2-7-6-15-5-4-8(7)9/h1-3,15H,4-6H2,(H,16,17). The minimum Gasteiger partial charge on any atom is -0.318 e. The molecule has 0 bridgehead atoms. The number of rotatable bonds is 1. The summed E-state index contributed by atoms with van der Waals surface area (Å²) in [4.78, 5) is 10.9. The van der Waals surface area contributed by atoms with Gasteiger partial charge < -0.3 is 10.6 Å². The molecule has 6 heteroatoms. The van der Waals surface area contributed by atoms with E-state index in [4.69, 9.17) is 0 Å². The van der Waals surface area contributed by atoms with Crippen LogP contribution in [0.1, 0.15) is 11.1 Å². The first kappa shape index (κ1) is 11.9. The van der Waals surface area contributed by atoms with Crippen LogP contribution in [-0.4, -0.2) is 18.6 Å². The van der Waals surface area contributed by atoms with Crippen molar-refractivity contribution in [3.05, 3.63) is 29.3 Å². The molecule has 1 aromatic carbocycles. The second kappa shape index (κ2) is 4.37. The van der Waals surface area contributed by atoms with E-state index < -0.39 is 12.1 Å². The maximum Gasteiger partial charge on any atom is 0.471 e. The minimum atomic E-state index is -4.85. The molecule has 2 rings (SSSR count). The Hall–Kier alpha value is -1.56. The van der Waals surface area contributed by atoms with Crippen LogP contribution in [-0.2, 0) is 17.8 Å². The van der Waals surface area contributed by atoms with Gasteiger partial charge in [-0.1, -0.05) is 12.1 Å². The zero-order valence-corrected chi connectivity index (χ0v) is 8.90. The highest BCUT2D eigenvalue weighted by atomic mass is 19.4. The molecule has 0 saturated carbocycles. The number of hydrogen-bond acceptors (Lipinski definition) is 2. The third kappa shape index (κ3) is 2.58. The number of carbonyl (C=O) groups is 1. The highest BCUT2D eigenvalue weighted by Gasteiger charge is 2.39. The summed E-state index contributed by atoms with van der Waals surface area (Å²) in [7, 11) is 0. The van der Waals surface area contributed by atoms with Crippen LogP contribution < -0.4 is 10.6 Å². The highest BCUT2D eigenvalue weighted by Crippen LogP contribution is 2.25. The average molecular weight is 244 g/mol. The lowest BCUT2D eigenvalue weighted by molar-refractivity contribution is -0.167. The van der Waals surface area contributed by atoms with Crippen LogP contribution in [0.15, 0.2) is 18.2 Å². The van der Waals surface area contributed by atoms with Gasteiger partial charge in [-0.25, -0.2) is 0 Å². The van der Waals surface area contributed by atoms with Crippen LogP contribution in [0.4, 0.5) is 18.9 Å². The van der Waals surface area contributed by atoms with E-state index >= 15 is 0 Å². The molecule has 1 amide bonds. The molecule has 1 aromatic rings. The average Bonchev–Trinajstić information content (AvgIpc) is 2.28. The SMILES string of the molecule is O=C(Nc1cccc2c1CCNC2)C(F)(F)F. The van der Waals surface area contributed by atoms with E-state index in [9.17, 15) is 18.0 Å². The molecule has 0 aliphatic carbocycles. The summed E-state index contributed by atoms with van der Waals surface area (Å²) in [6.45, 7) is 1.32. The number of amides is 1. The summed E-state index contributed by atoms with van der Waals surface area (Å²) >= 11 is 0. The maximum absolute atomic E-state index is 12.1. The molecule has 0 radical (unpaired) electrons. The monoisotopic (exact) mass is 244 g/mol. The van der Waals surface area contributed by atoms with Gasteiger partial charge in [-0.05, 0) is 30.2 Å². The van der Waals surface area contributed by atoms with Crippen LogP contribution >= 0.6 is 0 Å². The van der Waals surface area contributed by atoms with Gasteiger partial charge in [0, 0.05) is 12.2 Å². The first-order valence-corrected chi connectivity index (χ1v) is 5.18. The van der Waals surface area contributed by atoms with Gasteiger partial charge in [-0.2, -0.15) is 13.2 Å². The molecule has 92 valence electrons. The molecule has 0 atom stereocenters. The molecule has 0 spiro atoms. The van der Waals surface area contributed by atoms with Gasteiger partial charge in [0.05, 0.1) is 0 Å². The minimum absolute atomic E-state index is 0.256. The third-order valence-corrected chi connectivity index (χ3v) is 2.65. The number of hydrogen-bond donors (Lipinski definition) is 2. The van der Waals surface area contributed by atoms with E-state index in [-0.39, 0.29) is 5.69 Å². The molecular formula is C11H11F3N2O. The first-order chi connectivity index (χ1) is 7.98. The third-order valence-electron chi connectivity index (χ3n) is 2.65. The summed E-state index contributed by atoms with van der Waals surface area (Å²) in [5, 5.41) is 5.04. The van der Waals surface area contributed by atoms with Crippen LogP contribution in [0.5, 0.6) is 0 Å². The summed E-state index contributed by atoms with van der Waals surface area (Å²) < 4.78 is 36.4. The van der Waals surface area contributed by atoms with Crippen molar-refractivity contribution in [2.45, 2.75) is 19.1 Å². The Morgan fingerprint density at radius 2 is 2.12 bits per heavy atom. The second-order valence-corrected chi connectivity index (χ2v) is 3.82. The van der Waals surface area contributed by atoms with Crippen LogP contribution in [0.2, 0.25) is 0 Å². The van der Waals surface area contributed by atoms with Crippen molar-refractivity contribution in [3.8, 4) is 0 Å². The Labute approximate surface area is 96.0 Å². The van der Waals surface area contributed by atoms with Crippen molar-refractivity contribution in [2.24, 2.45) is 0 Å².